The highest BCUT2D eigenvalue weighted by molar-refractivity contribution is 5.85. The fraction of sp³-hybridized carbons (Fsp3) is 0.600. The number of quaternary nitrogens is 1. The summed E-state index contributed by atoms with van der Waals surface area (Å²) in [5.41, 5.74) is 1.49. The summed E-state index contributed by atoms with van der Waals surface area (Å²) < 4.78 is 1.09. The Bertz CT molecular complexity index is 636. The molecule has 0 unspecified atom stereocenters. The number of benzene rings is 2. The lowest BCUT2D eigenvalue weighted by atomic mass is 10.0. The standard InChI is InChI=1S/C25H40N.ClH.H2O/c1-4-5-6-7-8-9-10-11-12-15-21-26(2,3)22-24-19-16-18-23-17-13-14-20-25(23)24;;/h13-14,16-20H,4-12,15,21-22H2,1-3H3;1H;1H2/q+1;;/p-1. The van der Waals surface area contributed by atoms with Gasteiger partial charge in [-0.25, -0.2) is 0 Å². The number of fused-ring (bicyclic) bond motifs is 1. The molecule has 2 aromatic carbocycles. The lowest BCUT2D eigenvalue weighted by molar-refractivity contribution is -0.903. The van der Waals surface area contributed by atoms with E-state index < -0.39 is 0 Å². The maximum atomic E-state index is 2.38. The van der Waals surface area contributed by atoms with Crippen LogP contribution in [0.1, 0.15) is 76.7 Å². The molecule has 0 bridgehead atoms. The summed E-state index contributed by atoms with van der Waals surface area (Å²) in [6, 6.07) is 15.5. The first-order valence-corrected chi connectivity index (χ1v) is 10.9. The van der Waals surface area contributed by atoms with Crippen molar-refractivity contribution >= 4 is 10.8 Å². The molecule has 0 saturated heterocycles. The molecule has 160 valence electrons. The first-order valence-electron chi connectivity index (χ1n) is 10.9. The number of hydrogen-bond acceptors (Lipinski definition) is 0. The summed E-state index contributed by atoms with van der Waals surface area (Å²) in [6.45, 7) is 4.69. The van der Waals surface area contributed by atoms with Crippen LogP contribution in [-0.4, -0.2) is 30.6 Å². The van der Waals surface area contributed by atoms with Crippen LogP contribution in [0.25, 0.3) is 10.8 Å². The Hall–Kier alpha value is -1.09. The van der Waals surface area contributed by atoms with E-state index in [4.69, 9.17) is 0 Å². The third-order valence-corrected chi connectivity index (χ3v) is 5.60. The highest BCUT2D eigenvalue weighted by atomic mass is 35.5. The maximum absolute atomic E-state index is 2.38. The smallest absolute Gasteiger partial charge is 0.105 e. The summed E-state index contributed by atoms with van der Waals surface area (Å²) in [7, 11) is 4.77. The predicted octanol–water partition coefficient (Wildman–Crippen LogP) is 3.52. The van der Waals surface area contributed by atoms with Gasteiger partial charge in [-0.3, -0.25) is 0 Å². The molecule has 0 atom stereocenters. The van der Waals surface area contributed by atoms with Gasteiger partial charge >= 0.3 is 0 Å². The molecule has 28 heavy (non-hydrogen) atoms. The minimum atomic E-state index is 0. The first-order chi connectivity index (χ1) is 12.6. The lowest BCUT2D eigenvalue weighted by Gasteiger charge is -2.30. The van der Waals surface area contributed by atoms with Crippen LogP contribution in [-0.2, 0) is 6.54 Å². The molecule has 2 N–H and O–H groups in total. The molecule has 2 aromatic rings. The van der Waals surface area contributed by atoms with Crippen LogP contribution in [0.4, 0.5) is 0 Å². The molecule has 0 spiro atoms. The number of halogens is 1. The second kappa shape index (κ2) is 14.8. The zero-order valence-electron chi connectivity index (χ0n) is 18.4. The van der Waals surface area contributed by atoms with Crippen LogP contribution in [0.3, 0.4) is 0 Å². The van der Waals surface area contributed by atoms with Gasteiger partial charge in [-0.1, -0.05) is 101 Å². The van der Waals surface area contributed by atoms with Gasteiger partial charge in [0, 0.05) is 5.56 Å². The number of unbranched alkanes of at least 4 members (excludes halogenated alkanes) is 9. The average molecular weight is 408 g/mol. The van der Waals surface area contributed by atoms with Crippen LogP contribution in [0, 0.1) is 0 Å². The maximum Gasteiger partial charge on any atom is 0.105 e. The van der Waals surface area contributed by atoms with Crippen molar-refractivity contribution in [3.05, 3.63) is 48.0 Å². The summed E-state index contributed by atoms with van der Waals surface area (Å²) in [4.78, 5) is 0. The Morgan fingerprint density at radius 1 is 0.679 bits per heavy atom. The molecule has 0 aliphatic carbocycles. The van der Waals surface area contributed by atoms with Crippen LogP contribution < -0.4 is 12.4 Å². The monoisotopic (exact) mass is 407 g/mol. The van der Waals surface area contributed by atoms with Crippen molar-refractivity contribution in [2.24, 2.45) is 0 Å². The molecule has 0 aliphatic rings. The van der Waals surface area contributed by atoms with Crippen LogP contribution in [0.15, 0.2) is 42.5 Å². The van der Waals surface area contributed by atoms with Gasteiger partial charge in [0.15, 0.2) is 0 Å². The van der Waals surface area contributed by atoms with Gasteiger partial charge in [-0.05, 0) is 23.6 Å². The van der Waals surface area contributed by atoms with Crippen molar-refractivity contribution in [1.82, 2.24) is 0 Å². The Labute approximate surface area is 179 Å². The molecule has 0 aromatic heterocycles. The van der Waals surface area contributed by atoms with Crippen molar-refractivity contribution in [2.75, 3.05) is 20.6 Å². The van der Waals surface area contributed by atoms with Crippen LogP contribution >= 0.6 is 0 Å². The molecule has 0 fully saturated rings. The number of hydrogen-bond donors (Lipinski definition) is 0. The van der Waals surface area contributed by atoms with E-state index in [1.165, 1.54) is 87.1 Å². The highest BCUT2D eigenvalue weighted by Gasteiger charge is 2.16. The summed E-state index contributed by atoms with van der Waals surface area (Å²) in [6.07, 6.45) is 14.2. The van der Waals surface area contributed by atoms with Gasteiger partial charge in [0.2, 0.25) is 0 Å². The average Bonchev–Trinajstić information content (AvgIpc) is 2.63. The largest absolute Gasteiger partial charge is 1.00 e. The fourth-order valence-corrected chi connectivity index (χ4v) is 4.00. The van der Waals surface area contributed by atoms with Gasteiger partial charge in [0.1, 0.15) is 6.54 Å². The van der Waals surface area contributed by atoms with Crippen LogP contribution in [0.2, 0.25) is 0 Å². The van der Waals surface area contributed by atoms with Crippen molar-refractivity contribution in [2.45, 2.75) is 77.7 Å². The van der Waals surface area contributed by atoms with Gasteiger partial charge in [0.05, 0.1) is 20.6 Å². The molecule has 0 radical (unpaired) electrons. The van der Waals surface area contributed by atoms with E-state index >= 15 is 0 Å². The Balaban J connectivity index is 0.00000364. The minimum absolute atomic E-state index is 0. The molecule has 0 aliphatic heterocycles. The Kier molecular flexibility index (Phi) is 14.3. The molecule has 0 heterocycles. The third-order valence-electron chi connectivity index (χ3n) is 5.60. The zero-order chi connectivity index (χ0) is 18.7. The highest BCUT2D eigenvalue weighted by Crippen LogP contribution is 2.22. The quantitative estimate of drug-likeness (QED) is 0.359. The molecule has 3 heteroatoms. The van der Waals surface area contributed by atoms with Crippen LogP contribution in [0.5, 0.6) is 0 Å². The summed E-state index contributed by atoms with van der Waals surface area (Å²) >= 11 is 0. The predicted molar refractivity (Wildman–Crippen MR) is 120 cm³/mol. The van der Waals surface area contributed by atoms with Crippen molar-refractivity contribution in [3.63, 3.8) is 0 Å². The van der Waals surface area contributed by atoms with Gasteiger partial charge in [-0.2, -0.15) is 0 Å². The van der Waals surface area contributed by atoms with Gasteiger partial charge < -0.3 is 22.4 Å². The first kappa shape index (κ1) is 26.9. The van der Waals surface area contributed by atoms with E-state index in [1.54, 1.807) is 0 Å². The molecular weight excluding hydrogens is 366 g/mol. The van der Waals surface area contributed by atoms with Crippen molar-refractivity contribution in [1.29, 1.82) is 0 Å². The van der Waals surface area contributed by atoms with E-state index in [0.29, 0.717) is 0 Å². The Morgan fingerprint density at radius 3 is 1.86 bits per heavy atom. The normalized spacial score (nSPS) is 11.1. The topological polar surface area (TPSA) is 31.5 Å². The second-order valence-electron chi connectivity index (χ2n) is 8.64. The molecule has 0 saturated carbocycles. The van der Waals surface area contributed by atoms with Crippen molar-refractivity contribution < 1.29 is 22.4 Å². The number of nitrogens with zero attached hydrogens (tertiary/aromatic N) is 1. The SMILES string of the molecule is CCCCCCCCCCCC[N+](C)(C)Cc1cccc2ccccc12.O.[Cl-]. The van der Waals surface area contributed by atoms with E-state index in [2.05, 4.69) is 63.5 Å². The van der Waals surface area contributed by atoms with E-state index in [1.807, 2.05) is 0 Å². The van der Waals surface area contributed by atoms with E-state index in [0.717, 1.165) is 11.0 Å². The van der Waals surface area contributed by atoms with E-state index in [-0.39, 0.29) is 17.9 Å². The zero-order valence-corrected chi connectivity index (χ0v) is 19.1. The lowest BCUT2D eigenvalue weighted by Crippen LogP contribution is -3.00. The fourth-order valence-electron chi connectivity index (χ4n) is 4.00. The summed E-state index contributed by atoms with van der Waals surface area (Å²) in [5, 5.41) is 2.79. The minimum Gasteiger partial charge on any atom is -1.00 e. The molecular formula is C25H42ClNO. The van der Waals surface area contributed by atoms with Crippen molar-refractivity contribution in [3.8, 4) is 0 Å². The number of rotatable bonds is 13. The third kappa shape index (κ3) is 9.91. The Morgan fingerprint density at radius 2 is 1.21 bits per heavy atom. The van der Waals surface area contributed by atoms with E-state index in [9.17, 15) is 0 Å². The molecule has 0 amide bonds. The molecule has 2 rings (SSSR count). The van der Waals surface area contributed by atoms with Gasteiger partial charge in [-0.15, -0.1) is 0 Å². The van der Waals surface area contributed by atoms with Gasteiger partial charge in [0.25, 0.3) is 0 Å². The molecule has 2 nitrogen and oxygen atoms in total. The summed E-state index contributed by atoms with van der Waals surface area (Å²) in [5.74, 6) is 0. The second-order valence-corrected chi connectivity index (χ2v) is 8.64.